The summed E-state index contributed by atoms with van der Waals surface area (Å²) in [5.41, 5.74) is 0.406. The zero-order chi connectivity index (χ0) is 33.7. The van der Waals surface area contributed by atoms with E-state index in [1.807, 2.05) is 0 Å². The maximum absolute atomic E-state index is 12.8. The first kappa shape index (κ1) is 35.3. The van der Waals surface area contributed by atoms with Gasteiger partial charge >= 0.3 is 5.97 Å². The third-order valence-corrected chi connectivity index (χ3v) is 7.40. The van der Waals surface area contributed by atoms with Crippen molar-refractivity contribution in [2.75, 3.05) is 19.8 Å². The Morgan fingerprint density at radius 1 is 0.761 bits per heavy atom. The van der Waals surface area contributed by atoms with Gasteiger partial charge in [-0.25, -0.2) is 4.79 Å². The molecule has 11 N–H and O–H groups in total. The zero-order valence-electron chi connectivity index (χ0n) is 24.0. The van der Waals surface area contributed by atoms with E-state index in [2.05, 4.69) is 0 Å². The maximum Gasteiger partial charge on any atom is 0.331 e. The summed E-state index contributed by atoms with van der Waals surface area (Å²) in [7, 11) is 0. The first-order chi connectivity index (χ1) is 21.8. The largest absolute Gasteiger partial charge is 0.504 e. The lowest BCUT2D eigenvalue weighted by Gasteiger charge is -2.46. The Hall–Kier alpha value is -3.59. The number of carbonyl (C=O) groups is 1. The molecule has 4 rings (SSSR count). The van der Waals surface area contributed by atoms with Gasteiger partial charge in [-0.3, -0.25) is 0 Å². The molecule has 2 aromatic rings. The number of benzene rings is 2. The minimum Gasteiger partial charge on any atom is -0.504 e. The van der Waals surface area contributed by atoms with Gasteiger partial charge in [-0.15, -0.1) is 0 Å². The quantitative estimate of drug-likeness (QED) is 0.0674. The second-order valence-corrected chi connectivity index (χ2v) is 10.6. The molecule has 11 atom stereocenters. The molecule has 0 aromatic heterocycles. The molecule has 2 aliphatic heterocycles. The average molecular weight is 657 g/mol. The number of esters is 1. The number of aromatic hydroxyl groups is 4. The number of ether oxygens (including phenoxy) is 5. The molecule has 0 aliphatic carbocycles. The number of carbonyl (C=O) groups excluding carboxylic acids is 1. The number of phenolic OH excluding ortho intramolecular Hbond substituents is 4. The third kappa shape index (κ3) is 8.03. The molecule has 2 aliphatic rings. The van der Waals surface area contributed by atoms with Crippen LogP contribution < -0.4 is 0 Å². The van der Waals surface area contributed by atoms with Gasteiger partial charge in [0.25, 0.3) is 0 Å². The van der Waals surface area contributed by atoms with Crippen molar-refractivity contribution in [3.8, 4) is 23.0 Å². The summed E-state index contributed by atoms with van der Waals surface area (Å²) >= 11 is 0. The van der Waals surface area contributed by atoms with Gasteiger partial charge in [-0.05, 0) is 41.5 Å². The van der Waals surface area contributed by atoms with Gasteiger partial charge in [0.15, 0.2) is 41.7 Å². The summed E-state index contributed by atoms with van der Waals surface area (Å²) in [4.78, 5) is 12.8. The van der Waals surface area contributed by atoms with Crippen LogP contribution in [0.15, 0.2) is 42.5 Å². The van der Waals surface area contributed by atoms with Crippen LogP contribution in [0.2, 0.25) is 0 Å². The molecule has 0 unspecified atom stereocenters. The van der Waals surface area contributed by atoms with E-state index in [-0.39, 0.29) is 11.1 Å². The van der Waals surface area contributed by atoms with Crippen molar-refractivity contribution in [2.45, 2.75) is 67.5 Å². The molecule has 0 amide bonds. The molecular formula is C29H36O17. The summed E-state index contributed by atoms with van der Waals surface area (Å²) < 4.78 is 27.7. The van der Waals surface area contributed by atoms with E-state index in [4.69, 9.17) is 23.7 Å². The normalized spacial score (nSPS) is 32.3. The summed E-state index contributed by atoms with van der Waals surface area (Å²) in [6.45, 7) is -2.21. The van der Waals surface area contributed by atoms with Crippen LogP contribution in [0.3, 0.4) is 0 Å². The van der Waals surface area contributed by atoms with Gasteiger partial charge in [0.05, 0.1) is 19.8 Å². The first-order valence-corrected chi connectivity index (χ1v) is 14.0. The lowest BCUT2D eigenvalue weighted by molar-refractivity contribution is -0.361. The molecule has 2 aromatic carbocycles. The van der Waals surface area contributed by atoms with Crippen molar-refractivity contribution in [1.29, 1.82) is 0 Å². The highest BCUT2D eigenvalue weighted by Gasteiger charge is 2.52. The summed E-state index contributed by atoms with van der Waals surface area (Å²) in [6.07, 6.45) is -16.4. The molecule has 2 fully saturated rings. The highest BCUT2D eigenvalue weighted by atomic mass is 16.7. The van der Waals surface area contributed by atoms with Crippen LogP contribution in [0.4, 0.5) is 0 Å². The highest BCUT2D eigenvalue weighted by Crippen LogP contribution is 2.33. The Morgan fingerprint density at radius 2 is 1.39 bits per heavy atom. The van der Waals surface area contributed by atoms with E-state index in [1.165, 1.54) is 24.3 Å². The van der Waals surface area contributed by atoms with Crippen LogP contribution in [-0.4, -0.2) is 143 Å². The lowest BCUT2D eigenvalue weighted by atomic mass is 9.96. The molecule has 46 heavy (non-hydrogen) atoms. The minimum atomic E-state index is -1.93. The van der Waals surface area contributed by atoms with E-state index < -0.39 is 116 Å². The van der Waals surface area contributed by atoms with Gasteiger partial charge in [0.2, 0.25) is 0 Å². The van der Waals surface area contributed by atoms with Crippen molar-refractivity contribution in [3.05, 3.63) is 53.6 Å². The molecule has 17 heteroatoms. The number of aliphatic hydroxyl groups is 7. The Morgan fingerprint density at radius 3 is 2.02 bits per heavy atom. The molecule has 2 heterocycles. The van der Waals surface area contributed by atoms with Crippen molar-refractivity contribution in [3.63, 3.8) is 0 Å². The number of rotatable bonds is 11. The fourth-order valence-corrected chi connectivity index (χ4v) is 4.82. The molecule has 0 saturated carbocycles. The van der Waals surface area contributed by atoms with Gasteiger partial charge in [0, 0.05) is 6.08 Å². The minimum absolute atomic E-state index is 0.119. The van der Waals surface area contributed by atoms with Crippen LogP contribution in [0, 0.1) is 0 Å². The van der Waals surface area contributed by atoms with Crippen molar-refractivity contribution < 1.29 is 84.7 Å². The predicted molar refractivity (Wildman–Crippen MR) is 150 cm³/mol. The Labute approximate surface area is 260 Å². The number of phenols is 4. The van der Waals surface area contributed by atoms with Crippen molar-refractivity contribution in [1.82, 2.24) is 0 Å². The molecule has 17 nitrogen and oxygen atoms in total. The third-order valence-electron chi connectivity index (χ3n) is 7.40. The lowest BCUT2D eigenvalue weighted by Crippen LogP contribution is -2.65. The fourth-order valence-electron chi connectivity index (χ4n) is 4.82. The topological polar surface area (TPSA) is 286 Å². The van der Waals surface area contributed by atoms with Crippen LogP contribution in [-0.2, 0) is 28.5 Å². The number of aliphatic hydroxyl groups excluding tert-OH is 7. The summed E-state index contributed by atoms with van der Waals surface area (Å²) in [5.74, 6) is -2.85. The van der Waals surface area contributed by atoms with Crippen molar-refractivity contribution >= 4 is 12.0 Å². The van der Waals surface area contributed by atoms with Crippen LogP contribution >= 0.6 is 0 Å². The second-order valence-electron chi connectivity index (χ2n) is 10.6. The van der Waals surface area contributed by atoms with Crippen molar-refractivity contribution in [2.24, 2.45) is 0 Å². The molecular weight excluding hydrogens is 620 g/mol. The maximum atomic E-state index is 12.8. The Kier molecular flexibility index (Phi) is 11.8. The zero-order valence-corrected chi connectivity index (χ0v) is 24.0. The number of hydrogen-bond donors (Lipinski definition) is 11. The Balaban J connectivity index is 1.56. The molecule has 2 saturated heterocycles. The molecule has 254 valence electrons. The van der Waals surface area contributed by atoms with Crippen LogP contribution in [0.25, 0.3) is 6.08 Å². The summed E-state index contributed by atoms with van der Waals surface area (Å²) in [5, 5.41) is 111. The summed E-state index contributed by atoms with van der Waals surface area (Å²) in [6, 6.07) is 7.22. The first-order valence-electron chi connectivity index (χ1n) is 14.0. The van der Waals surface area contributed by atoms with E-state index in [1.54, 1.807) is 0 Å². The number of hydrogen-bond acceptors (Lipinski definition) is 17. The Bertz CT molecular complexity index is 1350. The monoisotopic (exact) mass is 656 g/mol. The van der Waals surface area contributed by atoms with Crippen LogP contribution in [0.1, 0.15) is 17.2 Å². The van der Waals surface area contributed by atoms with Gasteiger partial charge in [-0.2, -0.15) is 0 Å². The van der Waals surface area contributed by atoms with Gasteiger partial charge in [0.1, 0.15) is 48.8 Å². The van der Waals surface area contributed by atoms with E-state index >= 15 is 0 Å². The SMILES string of the molecule is O=C(/C=C/c1ccc(O)c(O)c1)O[C@H]1[C@H](O[C@@H]2O[C@H](CO)[C@@H](O)[C@H](O)[C@H]2O)[C@@H](O)[C@H](OC[C@@H](O)c2ccc(O)c(O)c2)O[C@@H]1CO. The smallest absolute Gasteiger partial charge is 0.331 e. The van der Waals surface area contributed by atoms with E-state index in [0.29, 0.717) is 0 Å². The fraction of sp³-hybridized carbons (Fsp3) is 0.483. The van der Waals surface area contributed by atoms with E-state index in [9.17, 15) is 61.0 Å². The van der Waals surface area contributed by atoms with E-state index in [0.717, 1.165) is 24.3 Å². The molecule has 0 radical (unpaired) electrons. The van der Waals surface area contributed by atoms with Crippen LogP contribution in [0.5, 0.6) is 23.0 Å². The molecule has 0 bridgehead atoms. The predicted octanol–water partition coefficient (Wildman–Crippen LogP) is -2.55. The molecule has 0 spiro atoms. The highest BCUT2D eigenvalue weighted by molar-refractivity contribution is 5.87. The second kappa shape index (κ2) is 15.3. The average Bonchev–Trinajstić information content (AvgIpc) is 3.03. The standard InChI is InChI=1S/C29H36O17/c30-9-19-22(38)23(39)24(40)29(43-19)46-27-25(41)28(42-11-18(36)13-3-5-15(33)17(35)8-13)44-20(10-31)26(27)45-21(37)6-2-12-1-4-14(32)16(34)7-12/h1-8,18-20,22-36,38-41H,9-11H2/b6-2+/t18-,19-,20-,22-,23+,24-,25-,26-,27-,28-,29+/m1/s1. The van der Waals surface area contributed by atoms with Gasteiger partial charge < -0.3 is 79.9 Å². The van der Waals surface area contributed by atoms with Gasteiger partial charge in [-0.1, -0.05) is 12.1 Å².